The summed E-state index contributed by atoms with van der Waals surface area (Å²) in [5.41, 5.74) is 8.51. The molecule has 138 valence electrons. The molecule has 0 radical (unpaired) electrons. The van der Waals surface area contributed by atoms with E-state index in [1.54, 1.807) is 0 Å². The fourth-order valence-electron chi connectivity index (χ4n) is 3.75. The topological polar surface area (TPSA) is 0 Å². The van der Waals surface area contributed by atoms with Gasteiger partial charge in [0.25, 0.3) is 0 Å². The summed E-state index contributed by atoms with van der Waals surface area (Å²) in [6.07, 6.45) is 8.88. The second-order valence-corrected chi connectivity index (χ2v) is 8.20. The second kappa shape index (κ2) is 8.21. The molecule has 0 fully saturated rings. The predicted molar refractivity (Wildman–Crippen MR) is 115 cm³/mol. The molecule has 0 aliphatic heterocycles. The molecule has 1 aromatic rings. The highest BCUT2D eigenvalue weighted by Gasteiger charge is 2.37. The molecule has 0 bridgehead atoms. The van der Waals surface area contributed by atoms with Crippen LogP contribution in [0, 0.1) is 6.92 Å². The zero-order chi connectivity index (χ0) is 19.4. The van der Waals surface area contributed by atoms with Crippen LogP contribution in [0.1, 0.15) is 90.5 Å². The number of allylic oxidation sites excluding steroid dienone is 5. The SMILES string of the molecule is C=C(C(/C=C\C)=C/C)c1cc2c(cc1C)C(C)(C)CCC2(C)C.CC. The maximum atomic E-state index is 4.39. The quantitative estimate of drug-likeness (QED) is 0.491. The molecular weight excluding hydrogens is 300 g/mol. The number of aryl methyl sites for hydroxylation is 1. The van der Waals surface area contributed by atoms with Gasteiger partial charge in [-0.1, -0.05) is 78.5 Å². The van der Waals surface area contributed by atoms with Gasteiger partial charge in [0.15, 0.2) is 0 Å². The Bertz CT molecular complexity index is 678. The van der Waals surface area contributed by atoms with Crippen LogP contribution in [0.4, 0.5) is 0 Å². The van der Waals surface area contributed by atoms with Crippen molar-refractivity contribution in [2.75, 3.05) is 0 Å². The molecule has 0 spiro atoms. The van der Waals surface area contributed by atoms with Crippen molar-refractivity contribution in [1.29, 1.82) is 0 Å². The van der Waals surface area contributed by atoms with Gasteiger partial charge in [0.1, 0.15) is 0 Å². The van der Waals surface area contributed by atoms with Gasteiger partial charge < -0.3 is 0 Å². The van der Waals surface area contributed by atoms with Crippen molar-refractivity contribution >= 4 is 5.57 Å². The Kier molecular flexibility index (Phi) is 7.06. The fraction of sp³-hybridized carbons (Fsp3) is 0.520. The Morgan fingerprint density at radius 1 is 0.960 bits per heavy atom. The Balaban J connectivity index is 0.00000151. The van der Waals surface area contributed by atoms with Gasteiger partial charge in [-0.15, -0.1) is 0 Å². The highest BCUT2D eigenvalue weighted by molar-refractivity contribution is 5.82. The van der Waals surface area contributed by atoms with Crippen molar-refractivity contribution in [2.24, 2.45) is 0 Å². The van der Waals surface area contributed by atoms with E-state index in [2.05, 4.69) is 85.4 Å². The lowest BCUT2D eigenvalue weighted by atomic mass is 9.62. The maximum Gasteiger partial charge on any atom is -0.0100 e. The van der Waals surface area contributed by atoms with Crippen LogP contribution in [0.2, 0.25) is 0 Å². The lowest BCUT2D eigenvalue weighted by molar-refractivity contribution is 0.331. The van der Waals surface area contributed by atoms with Gasteiger partial charge in [0.2, 0.25) is 0 Å². The van der Waals surface area contributed by atoms with Crippen LogP contribution in [0.25, 0.3) is 5.57 Å². The highest BCUT2D eigenvalue weighted by Crippen LogP contribution is 2.47. The van der Waals surface area contributed by atoms with Gasteiger partial charge in [-0.3, -0.25) is 0 Å². The van der Waals surface area contributed by atoms with Crippen molar-refractivity contribution in [3.63, 3.8) is 0 Å². The molecular formula is C25H38. The predicted octanol–water partition coefficient (Wildman–Crippen LogP) is 7.91. The largest absolute Gasteiger partial charge is 0.0906 e. The molecule has 1 aliphatic carbocycles. The van der Waals surface area contributed by atoms with Gasteiger partial charge in [-0.05, 0) is 77.8 Å². The van der Waals surface area contributed by atoms with Crippen molar-refractivity contribution < 1.29 is 0 Å². The summed E-state index contributed by atoms with van der Waals surface area (Å²) < 4.78 is 0. The molecule has 0 saturated heterocycles. The summed E-state index contributed by atoms with van der Waals surface area (Å²) in [6.45, 7) is 24.3. The lowest BCUT2D eigenvalue weighted by Crippen LogP contribution is -2.34. The van der Waals surface area contributed by atoms with Crippen LogP contribution in [0.15, 0.2) is 42.5 Å². The monoisotopic (exact) mass is 338 g/mol. The zero-order valence-electron chi connectivity index (χ0n) is 18.0. The van der Waals surface area contributed by atoms with Crippen molar-refractivity contribution in [2.45, 2.75) is 86.0 Å². The van der Waals surface area contributed by atoms with E-state index in [-0.39, 0.29) is 10.8 Å². The maximum absolute atomic E-state index is 4.39. The lowest BCUT2D eigenvalue weighted by Gasteiger charge is -2.42. The number of hydrogen-bond donors (Lipinski definition) is 0. The average molecular weight is 339 g/mol. The smallest absolute Gasteiger partial charge is 0.0100 e. The van der Waals surface area contributed by atoms with E-state index in [0.717, 1.165) is 5.57 Å². The van der Waals surface area contributed by atoms with Crippen LogP contribution < -0.4 is 0 Å². The minimum atomic E-state index is 0.240. The third-order valence-electron chi connectivity index (χ3n) is 5.53. The molecule has 0 heterocycles. The van der Waals surface area contributed by atoms with Crippen molar-refractivity contribution in [3.05, 3.63) is 64.8 Å². The van der Waals surface area contributed by atoms with Crippen LogP contribution in [-0.2, 0) is 10.8 Å². The zero-order valence-corrected chi connectivity index (χ0v) is 18.0. The minimum Gasteiger partial charge on any atom is -0.0906 e. The number of benzene rings is 1. The molecule has 2 rings (SSSR count). The molecule has 0 unspecified atom stereocenters. The first-order valence-corrected chi connectivity index (χ1v) is 9.78. The first-order valence-electron chi connectivity index (χ1n) is 9.78. The normalized spacial score (nSPS) is 18.4. The summed E-state index contributed by atoms with van der Waals surface area (Å²) >= 11 is 0. The molecule has 0 atom stereocenters. The van der Waals surface area contributed by atoms with E-state index < -0.39 is 0 Å². The summed E-state index contributed by atoms with van der Waals surface area (Å²) in [4.78, 5) is 0. The van der Waals surface area contributed by atoms with Gasteiger partial charge in [-0.2, -0.15) is 0 Å². The molecule has 1 aromatic carbocycles. The number of hydrogen-bond acceptors (Lipinski definition) is 0. The second-order valence-electron chi connectivity index (χ2n) is 8.20. The standard InChI is InChI=1S/C23H32.C2H6/c1-9-11-18(10-2)17(4)19-15-21-20(14-16(19)3)22(5,6)12-13-23(21,7)8;1-2/h9-11,14-15H,4,12-13H2,1-3,5-8H3;1-2H3/b11-9-,18-10+;. The number of fused-ring (bicyclic) bond motifs is 1. The molecule has 0 nitrogen and oxygen atoms in total. The Morgan fingerprint density at radius 2 is 1.44 bits per heavy atom. The van der Waals surface area contributed by atoms with E-state index in [1.807, 2.05) is 13.8 Å². The summed E-state index contributed by atoms with van der Waals surface area (Å²) in [5, 5.41) is 0. The third kappa shape index (κ3) is 4.35. The molecule has 0 amide bonds. The van der Waals surface area contributed by atoms with Gasteiger partial charge in [0.05, 0.1) is 0 Å². The van der Waals surface area contributed by atoms with Crippen LogP contribution in [0.3, 0.4) is 0 Å². The summed E-state index contributed by atoms with van der Waals surface area (Å²) in [7, 11) is 0. The minimum absolute atomic E-state index is 0.240. The van der Waals surface area contributed by atoms with Gasteiger partial charge >= 0.3 is 0 Å². The molecule has 0 aromatic heterocycles. The van der Waals surface area contributed by atoms with Gasteiger partial charge in [0, 0.05) is 0 Å². The molecule has 0 N–H and O–H groups in total. The van der Waals surface area contributed by atoms with E-state index in [4.69, 9.17) is 0 Å². The van der Waals surface area contributed by atoms with Crippen LogP contribution in [-0.4, -0.2) is 0 Å². The molecule has 0 saturated carbocycles. The Morgan fingerprint density at radius 3 is 1.88 bits per heavy atom. The molecule has 1 aliphatic rings. The van der Waals surface area contributed by atoms with E-state index in [1.165, 1.54) is 40.7 Å². The highest BCUT2D eigenvalue weighted by atomic mass is 14.4. The Labute approximate surface area is 156 Å². The first kappa shape index (κ1) is 21.5. The third-order valence-corrected chi connectivity index (χ3v) is 5.53. The van der Waals surface area contributed by atoms with Gasteiger partial charge in [-0.25, -0.2) is 0 Å². The van der Waals surface area contributed by atoms with Crippen molar-refractivity contribution in [1.82, 2.24) is 0 Å². The molecule has 0 heteroatoms. The van der Waals surface area contributed by atoms with Crippen molar-refractivity contribution in [3.8, 4) is 0 Å². The van der Waals surface area contributed by atoms with E-state index >= 15 is 0 Å². The first-order chi connectivity index (χ1) is 11.6. The number of rotatable bonds is 3. The Hall–Kier alpha value is -1.56. The summed E-state index contributed by atoms with van der Waals surface area (Å²) in [6, 6.07) is 4.83. The van der Waals surface area contributed by atoms with E-state index in [0.29, 0.717) is 0 Å². The average Bonchev–Trinajstić information content (AvgIpc) is 2.58. The van der Waals surface area contributed by atoms with Crippen LogP contribution >= 0.6 is 0 Å². The molecule has 25 heavy (non-hydrogen) atoms. The summed E-state index contributed by atoms with van der Waals surface area (Å²) in [5.74, 6) is 0. The van der Waals surface area contributed by atoms with Crippen LogP contribution in [0.5, 0.6) is 0 Å². The fourth-order valence-corrected chi connectivity index (χ4v) is 3.75. The van der Waals surface area contributed by atoms with E-state index in [9.17, 15) is 0 Å².